The van der Waals surface area contributed by atoms with Gasteiger partial charge in [-0.1, -0.05) is 0 Å². The largest absolute Gasteiger partial charge is 0.418 e. The van der Waals surface area contributed by atoms with E-state index in [0.717, 1.165) is 6.07 Å². The number of hydrogen-bond acceptors (Lipinski definition) is 5. The van der Waals surface area contributed by atoms with E-state index in [2.05, 4.69) is 15.8 Å². The van der Waals surface area contributed by atoms with Gasteiger partial charge in [-0.15, -0.1) is 0 Å². The predicted molar refractivity (Wildman–Crippen MR) is 81.6 cm³/mol. The first-order chi connectivity index (χ1) is 11.2. The Morgan fingerprint density at radius 3 is 2.67 bits per heavy atom. The highest BCUT2D eigenvalue weighted by Crippen LogP contribution is 2.39. The van der Waals surface area contributed by atoms with Gasteiger partial charge in [0, 0.05) is 24.3 Å². The molecule has 0 radical (unpaired) electrons. The Balaban J connectivity index is 1.98. The number of carbonyl (C=O) groups is 1. The molecule has 2 heterocycles. The second-order valence-electron chi connectivity index (χ2n) is 6.25. The zero-order valence-corrected chi connectivity index (χ0v) is 12.9. The molecule has 2 aliphatic rings. The number of carbonyl (C=O) groups excluding carboxylic acids is 1. The number of halogens is 3. The van der Waals surface area contributed by atoms with Crippen molar-refractivity contribution in [2.45, 2.75) is 25.1 Å². The molecule has 0 bridgehead atoms. The third-order valence-electron chi connectivity index (χ3n) is 4.08. The van der Waals surface area contributed by atoms with Crippen molar-refractivity contribution in [2.24, 2.45) is 5.10 Å². The van der Waals surface area contributed by atoms with Crippen LogP contribution in [0.1, 0.15) is 24.5 Å². The number of β-amino-alcohol motifs (C(OH)–C–C–N with tert-alkyl or cyclic N) is 1. The molecule has 1 aromatic rings. The third kappa shape index (κ3) is 3.30. The fourth-order valence-electron chi connectivity index (χ4n) is 2.86. The highest BCUT2D eigenvalue weighted by Gasteiger charge is 2.39. The SMILES string of the molecule is CC1(O)CCN(c2ccc(C3=NNC(=O)CN3)cc2C(F)(F)F)C1. The molecular formula is C15H17F3N4O2. The van der Waals surface area contributed by atoms with Gasteiger partial charge in [-0.05, 0) is 31.5 Å². The van der Waals surface area contributed by atoms with Gasteiger partial charge in [0.25, 0.3) is 5.91 Å². The van der Waals surface area contributed by atoms with Crippen LogP contribution in [-0.4, -0.2) is 42.1 Å². The molecule has 3 N–H and O–H groups in total. The van der Waals surface area contributed by atoms with Crippen molar-refractivity contribution in [1.82, 2.24) is 10.7 Å². The molecule has 3 rings (SSSR count). The van der Waals surface area contributed by atoms with E-state index in [9.17, 15) is 23.1 Å². The minimum atomic E-state index is -4.54. The van der Waals surface area contributed by atoms with E-state index in [4.69, 9.17) is 0 Å². The summed E-state index contributed by atoms with van der Waals surface area (Å²) in [5.41, 5.74) is 0.705. The summed E-state index contributed by atoms with van der Waals surface area (Å²) in [6.07, 6.45) is -4.13. The molecule has 24 heavy (non-hydrogen) atoms. The molecule has 0 aliphatic carbocycles. The Bertz CT molecular complexity index is 700. The van der Waals surface area contributed by atoms with Gasteiger partial charge in [0.2, 0.25) is 0 Å². The lowest BCUT2D eigenvalue weighted by Gasteiger charge is -2.25. The van der Waals surface area contributed by atoms with Gasteiger partial charge in [0.1, 0.15) is 0 Å². The van der Waals surface area contributed by atoms with Crippen molar-refractivity contribution in [2.75, 3.05) is 24.5 Å². The van der Waals surface area contributed by atoms with Crippen molar-refractivity contribution < 1.29 is 23.1 Å². The van der Waals surface area contributed by atoms with Crippen LogP contribution in [0.2, 0.25) is 0 Å². The van der Waals surface area contributed by atoms with Gasteiger partial charge in [0.15, 0.2) is 5.84 Å². The number of alkyl halides is 3. The molecule has 2 aliphatic heterocycles. The Kier molecular flexibility index (Phi) is 3.90. The number of anilines is 1. The molecule has 1 unspecified atom stereocenters. The molecule has 0 spiro atoms. The monoisotopic (exact) mass is 342 g/mol. The van der Waals surface area contributed by atoms with Crippen LogP contribution < -0.4 is 15.6 Å². The van der Waals surface area contributed by atoms with Gasteiger partial charge >= 0.3 is 6.18 Å². The lowest BCUT2D eigenvalue weighted by Crippen LogP contribution is -2.42. The van der Waals surface area contributed by atoms with E-state index in [0.29, 0.717) is 13.0 Å². The fraction of sp³-hybridized carbons (Fsp3) is 0.467. The second-order valence-corrected chi connectivity index (χ2v) is 6.25. The first-order valence-electron chi connectivity index (χ1n) is 7.45. The van der Waals surface area contributed by atoms with E-state index in [1.807, 2.05) is 0 Å². The Morgan fingerprint density at radius 1 is 1.38 bits per heavy atom. The predicted octanol–water partition coefficient (Wildman–Crippen LogP) is 1.05. The number of nitrogens with one attached hydrogen (secondary N) is 2. The molecule has 130 valence electrons. The van der Waals surface area contributed by atoms with Gasteiger partial charge in [-0.2, -0.15) is 18.3 Å². The number of nitrogens with zero attached hydrogens (tertiary/aromatic N) is 2. The summed E-state index contributed by atoms with van der Waals surface area (Å²) < 4.78 is 40.5. The van der Waals surface area contributed by atoms with E-state index in [1.54, 1.807) is 6.92 Å². The Labute approximate surface area is 136 Å². The number of hydrogen-bond donors (Lipinski definition) is 3. The Hall–Kier alpha value is -2.29. The quantitative estimate of drug-likeness (QED) is 0.751. The summed E-state index contributed by atoms with van der Waals surface area (Å²) in [4.78, 5) is 12.6. The van der Waals surface area contributed by atoms with Crippen LogP contribution in [0.15, 0.2) is 23.3 Å². The summed E-state index contributed by atoms with van der Waals surface area (Å²) in [5.74, 6) is -0.175. The summed E-state index contributed by atoms with van der Waals surface area (Å²) in [6.45, 7) is 2.06. The number of aliphatic hydroxyl groups is 1. The highest BCUT2D eigenvalue weighted by molar-refractivity contribution is 6.03. The number of hydrazone groups is 1. The van der Waals surface area contributed by atoms with Crippen molar-refractivity contribution in [1.29, 1.82) is 0 Å². The van der Waals surface area contributed by atoms with Gasteiger partial charge in [0.05, 0.1) is 17.7 Å². The number of amides is 1. The van der Waals surface area contributed by atoms with Gasteiger partial charge in [-0.25, -0.2) is 5.43 Å². The molecule has 0 aromatic heterocycles. The average molecular weight is 342 g/mol. The van der Waals surface area contributed by atoms with Crippen LogP contribution in [0.4, 0.5) is 18.9 Å². The van der Waals surface area contributed by atoms with E-state index < -0.39 is 17.3 Å². The maximum atomic E-state index is 13.5. The van der Waals surface area contributed by atoms with Crippen LogP contribution in [0, 0.1) is 0 Å². The normalized spacial score (nSPS) is 24.5. The molecule has 1 aromatic carbocycles. The number of benzene rings is 1. The molecule has 1 amide bonds. The van der Waals surface area contributed by atoms with Gasteiger partial charge in [-0.3, -0.25) is 4.79 Å². The number of amidine groups is 1. The Morgan fingerprint density at radius 2 is 2.12 bits per heavy atom. The fourth-order valence-corrected chi connectivity index (χ4v) is 2.86. The molecule has 0 saturated carbocycles. The maximum absolute atomic E-state index is 13.5. The van der Waals surface area contributed by atoms with Crippen LogP contribution in [0.5, 0.6) is 0 Å². The minimum absolute atomic E-state index is 0.0319. The summed E-state index contributed by atoms with van der Waals surface area (Å²) in [7, 11) is 0. The van der Waals surface area contributed by atoms with Crippen LogP contribution in [0.3, 0.4) is 0 Å². The number of rotatable bonds is 2. The van der Waals surface area contributed by atoms with Crippen molar-refractivity contribution in [3.63, 3.8) is 0 Å². The highest BCUT2D eigenvalue weighted by atomic mass is 19.4. The minimum Gasteiger partial charge on any atom is -0.388 e. The zero-order chi connectivity index (χ0) is 17.5. The zero-order valence-electron chi connectivity index (χ0n) is 12.9. The maximum Gasteiger partial charge on any atom is 0.418 e. The molecule has 9 heteroatoms. The van der Waals surface area contributed by atoms with E-state index in [-0.39, 0.29) is 36.1 Å². The first-order valence-corrected chi connectivity index (χ1v) is 7.45. The van der Waals surface area contributed by atoms with Crippen molar-refractivity contribution in [3.8, 4) is 0 Å². The van der Waals surface area contributed by atoms with E-state index >= 15 is 0 Å². The molecule has 1 atom stereocenters. The van der Waals surface area contributed by atoms with Crippen molar-refractivity contribution >= 4 is 17.4 Å². The lowest BCUT2D eigenvalue weighted by molar-refractivity contribution is -0.137. The molecular weight excluding hydrogens is 325 g/mol. The summed E-state index contributed by atoms with van der Waals surface area (Å²) >= 11 is 0. The molecule has 1 fully saturated rings. The van der Waals surface area contributed by atoms with Crippen LogP contribution in [0.25, 0.3) is 0 Å². The molecule has 1 saturated heterocycles. The van der Waals surface area contributed by atoms with Crippen LogP contribution in [-0.2, 0) is 11.0 Å². The van der Waals surface area contributed by atoms with E-state index in [1.165, 1.54) is 17.0 Å². The second kappa shape index (κ2) is 5.66. The van der Waals surface area contributed by atoms with Gasteiger partial charge < -0.3 is 15.3 Å². The first kappa shape index (κ1) is 16.6. The van der Waals surface area contributed by atoms with Crippen molar-refractivity contribution in [3.05, 3.63) is 29.3 Å². The smallest absolute Gasteiger partial charge is 0.388 e. The summed E-state index contributed by atoms with van der Waals surface area (Å²) in [5, 5.41) is 16.4. The third-order valence-corrected chi connectivity index (χ3v) is 4.08. The lowest BCUT2D eigenvalue weighted by atomic mass is 10.1. The van der Waals surface area contributed by atoms with Crippen LogP contribution >= 0.6 is 0 Å². The average Bonchev–Trinajstić information content (AvgIpc) is 2.87. The molecule has 6 nitrogen and oxygen atoms in total. The topological polar surface area (TPSA) is 77.0 Å². The summed E-state index contributed by atoms with van der Waals surface area (Å²) in [6, 6.07) is 3.90. The standard InChI is InChI=1S/C15H17F3N4O2/c1-14(24)4-5-22(8-14)11-3-2-9(6-10(11)15(16,17)18)13-19-7-12(23)20-21-13/h2-3,6,24H,4-5,7-8H2,1H3,(H,19,21)(H,20,23).